The van der Waals surface area contributed by atoms with Gasteiger partial charge in [-0.05, 0) is 12.3 Å². The van der Waals surface area contributed by atoms with Crippen LogP contribution in [0.2, 0.25) is 0 Å². The third-order valence-corrected chi connectivity index (χ3v) is 2.17. The van der Waals surface area contributed by atoms with Gasteiger partial charge >= 0.3 is 7.25 Å². The molecule has 3 nitrogen and oxygen atoms in total. The van der Waals surface area contributed by atoms with E-state index >= 15 is 0 Å². The SMILES string of the molecule is CC(C)C[C@@H](CO)n1cc[n+](C)c1.F[B-](F)(F)F. The highest BCUT2D eigenvalue weighted by molar-refractivity contribution is 6.50. The molecule has 0 saturated heterocycles. The van der Waals surface area contributed by atoms with Crippen LogP contribution in [0.4, 0.5) is 17.3 Å². The molecule has 0 spiro atoms. The van der Waals surface area contributed by atoms with Crippen LogP contribution in [0.1, 0.15) is 26.3 Å². The highest BCUT2D eigenvalue weighted by Crippen LogP contribution is 2.15. The summed E-state index contributed by atoms with van der Waals surface area (Å²) >= 11 is 0. The van der Waals surface area contributed by atoms with E-state index in [0.717, 1.165) is 6.42 Å². The zero-order valence-corrected chi connectivity index (χ0v) is 10.7. The number of hydrogen-bond donors (Lipinski definition) is 1. The van der Waals surface area contributed by atoms with Crippen LogP contribution in [-0.2, 0) is 7.05 Å². The minimum absolute atomic E-state index is 0.215. The maximum Gasteiger partial charge on any atom is 0.673 e. The first-order chi connectivity index (χ1) is 8.13. The minimum Gasteiger partial charge on any atom is -0.418 e. The van der Waals surface area contributed by atoms with E-state index < -0.39 is 7.25 Å². The maximum atomic E-state index is 9.75. The Morgan fingerprint density at radius 1 is 1.28 bits per heavy atom. The molecule has 0 aliphatic carbocycles. The van der Waals surface area contributed by atoms with Crippen molar-refractivity contribution in [1.29, 1.82) is 0 Å². The van der Waals surface area contributed by atoms with Crippen LogP contribution >= 0.6 is 0 Å². The zero-order valence-electron chi connectivity index (χ0n) is 10.7. The van der Waals surface area contributed by atoms with Crippen LogP contribution < -0.4 is 4.57 Å². The second-order valence-electron chi connectivity index (χ2n) is 4.49. The highest BCUT2D eigenvalue weighted by Gasteiger charge is 2.20. The molecule has 1 N–H and O–H groups in total. The Kier molecular flexibility index (Phi) is 6.97. The van der Waals surface area contributed by atoms with E-state index in [-0.39, 0.29) is 12.6 Å². The van der Waals surface area contributed by atoms with E-state index in [2.05, 4.69) is 18.4 Å². The lowest BCUT2D eigenvalue weighted by Gasteiger charge is -2.12. The predicted octanol–water partition coefficient (Wildman–Crippen LogP) is 2.19. The maximum absolute atomic E-state index is 9.75. The molecule has 0 amide bonds. The summed E-state index contributed by atoms with van der Waals surface area (Å²) < 4.78 is 43.1. The molecule has 0 bridgehead atoms. The van der Waals surface area contributed by atoms with Crippen LogP contribution in [0.15, 0.2) is 18.7 Å². The van der Waals surface area contributed by atoms with Crippen molar-refractivity contribution < 1.29 is 26.9 Å². The van der Waals surface area contributed by atoms with E-state index in [1.807, 2.05) is 30.3 Å². The van der Waals surface area contributed by atoms with Gasteiger partial charge in [0.15, 0.2) is 0 Å². The smallest absolute Gasteiger partial charge is 0.418 e. The first-order valence-electron chi connectivity index (χ1n) is 5.64. The molecule has 1 aromatic rings. The summed E-state index contributed by atoms with van der Waals surface area (Å²) in [4.78, 5) is 0. The summed E-state index contributed by atoms with van der Waals surface area (Å²) in [6.07, 6.45) is 7.01. The fraction of sp³-hybridized carbons (Fsp3) is 0.700. The van der Waals surface area contributed by atoms with Gasteiger partial charge in [0.05, 0.1) is 13.7 Å². The average molecular weight is 270 g/mol. The lowest BCUT2D eigenvalue weighted by Crippen LogP contribution is -2.25. The van der Waals surface area contributed by atoms with E-state index in [9.17, 15) is 22.4 Å². The summed E-state index contributed by atoms with van der Waals surface area (Å²) in [5.74, 6) is 0.616. The molecule has 1 rings (SSSR count). The molecule has 0 aromatic carbocycles. The van der Waals surface area contributed by atoms with Crippen LogP contribution in [0.25, 0.3) is 0 Å². The number of aliphatic hydroxyl groups excluding tert-OH is 1. The number of nitrogens with zero attached hydrogens (tertiary/aromatic N) is 2. The Bertz CT molecular complexity index is 335. The quantitative estimate of drug-likeness (QED) is 0.507. The van der Waals surface area contributed by atoms with Crippen LogP contribution in [0, 0.1) is 5.92 Å². The molecule has 0 saturated carbocycles. The van der Waals surface area contributed by atoms with E-state index in [0.29, 0.717) is 5.92 Å². The fourth-order valence-corrected chi connectivity index (χ4v) is 1.52. The van der Waals surface area contributed by atoms with Crippen LogP contribution in [0.5, 0.6) is 0 Å². The largest absolute Gasteiger partial charge is 0.673 e. The Labute approximate surface area is 104 Å². The fourth-order valence-electron chi connectivity index (χ4n) is 1.52. The second kappa shape index (κ2) is 7.40. The number of rotatable bonds is 4. The summed E-state index contributed by atoms with van der Waals surface area (Å²) in [5.41, 5.74) is 0. The minimum atomic E-state index is -6.00. The molecular formula is C10H19BF4N2O. The molecule has 0 fully saturated rings. The number of hydrogen-bond acceptors (Lipinski definition) is 1. The molecule has 1 heterocycles. The summed E-state index contributed by atoms with van der Waals surface area (Å²) in [5, 5.41) is 9.21. The Morgan fingerprint density at radius 2 is 1.78 bits per heavy atom. The summed E-state index contributed by atoms with van der Waals surface area (Å²) in [6.45, 7) is 4.56. The van der Waals surface area contributed by atoms with Crippen molar-refractivity contribution in [2.24, 2.45) is 13.0 Å². The lowest BCUT2D eigenvalue weighted by molar-refractivity contribution is -0.671. The van der Waals surface area contributed by atoms with Gasteiger partial charge < -0.3 is 22.4 Å². The average Bonchev–Trinajstić information content (AvgIpc) is 2.58. The third kappa shape index (κ3) is 9.03. The van der Waals surface area contributed by atoms with Crippen molar-refractivity contribution >= 4 is 7.25 Å². The number of halogens is 4. The molecule has 1 atom stereocenters. The second-order valence-corrected chi connectivity index (χ2v) is 4.49. The normalized spacial score (nSPS) is 13.2. The van der Waals surface area contributed by atoms with E-state index in [1.165, 1.54) is 0 Å². The topological polar surface area (TPSA) is 29.0 Å². The van der Waals surface area contributed by atoms with Crippen molar-refractivity contribution in [2.75, 3.05) is 6.61 Å². The molecule has 0 radical (unpaired) electrons. The third-order valence-electron chi connectivity index (χ3n) is 2.17. The molecule has 0 aliphatic rings. The molecular weight excluding hydrogens is 251 g/mol. The van der Waals surface area contributed by atoms with Crippen molar-refractivity contribution in [1.82, 2.24) is 4.57 Å². The van der Waals surface area contributed by atoms with Crippen LogP contribution in [0.3, 0.4) is 0 Å². The molecule has 8 heteroatoms. The van der Waals surface area contributed by atoms with Gasteiger partial charge in [0.2, 0.25) is 6.33 Å². The van der Waals surface area contributed by atoms with Crippen molar-refractivity contribution in [3.63, 3.8) is 0 Å². The zero-order chi connectivity index (χ0) is 14.3. The monoisotopic (exact) mass is 270 g/mol. The van der Waals surface area contributed by atoms with E-state index in [1.54, 1.807) is 0 Å². The van der Waals surface area contributed by atoms with Gasteiger partial charge in [-0.2, -0.15) is 0 Å². The Morgan fingerprint density at radius 3 is 2.06 bits per heavy atom. The van der Waals surface area contributed by atoms with Crippen LogP contribution in [-0.4, -0.2) is 23.5 Å². The van der Waals surface area contributed by atoms with Gasteiger partial charge in [-0.25, -0.2) is 9.13 Å². The first-order valence-corrected chi connectivity index (χ1v) is 5.64. The first kappa shape index (κ1) is 17.0. The number of aryl methyl sites for hydroxylation is 1. The van der Waals surface area contributed by atoms with Crippen molar-refractivity contribution in [3.05, 3.63) is 18.7 Å². The van der Waals surface area contributed by atoms with Gasteiger partial charge in [0, 0.05) is 0 Å². The molecule has 0 unspecified atom stereocenters. The summed E-state index contributed by atoms with van der Waals surface area (Å²) in [6, 6.07) is 0.223. The van der Waals surface area contributed by atoms with Crippen molar-refractivity contribution in [3.8, 4) is 0 Å². The van der Waals surface area contributed by atoms with Gasteiger partial charge in [-0.1, -0.05) is 13.8 Å². The Hall–Kier alpha value is -1.05. The summed E-state index contributed by atoms with van der Waals surface area (Å²) in [7, 11) is -4.01. The van der Waals surface area contributed by atoms with Gasteiger partial charge in [0.1, 0.15) is 18.4 Å². The van der Waals surface area contributed by atoms with Gasteiger partial charge in [-0.15, -0.1) is 0 Å². The van der Waals surface area contributed by atoms with Gasteiger partial charge in [-0.3, -0.25) is 0 Å². The van der Waals surface area contributed by atoms with Gasteiger partial charge in [0.25, 0.3) is 0 Å². The molecule has 0 aliphatic heterocycles. The lowest BCUT2D eigenvalue weighted by atomic mass is 10.0. The Balaban J connectivity index is 0.000000494. The highest BCUT2D eigenvalue weighted by atomic mass is 19.5. The van der Waals surface area contributed by atoms with Crippen molar-refractivity contribution in [2.45, 2.75) is 26.3 Å². The standard InChI is InChI=1S/C10H19N2O.BF4/c1-9(2)6-10(7-13)12-5-4-11(3)8-12;2-1(3,4)5/h4-5,8-10,13H,6-7H2,1-3H3;/q+1;-1/t10-;/m0./s1. The molecule has 18 heavy (non-hydrogen) atoms. The number of aliphatic hydroxyl groups is 1. The van der Waals surface area contributed by atoms with E-state index in [4.69, 9.17) is 0 Å². The predicted molar refractivity (Wildman–Crippen MR) is 61.4 cm³/mol. The number of aromatic nitrogens is 2. The molecule has 106 valence electrons. The number of imidazole rings is 1. The molecule has 1 aromatic heterocycles.